The van der Waals surface area contributed by atoms with Gasteiger partial charge in [0.25, 0.3) is 5.91 Å². The van der Waals surface area contributed by atoms with Crippen LogP contribution in [0.25, 0.3) is 0 Å². The second-order valence-electron chi connectivity index (χ2n) is 10.3. The van der Waals surface area contributed by atoms with Gasteiger partial charge in [-0.15, -0.1) is 0 Å². The number of amides is 2. The Morgan fingerprint density at radius 3 is 2.34 bits per heavy atom. The second-order valence-corrected chi connectivity index (χ2v) is 11.1. The van der Waals surface area contributed by atoms with Crippen LogP contribution in [0.4, 0.5) is 4.39 Å². The fourth-order valence-electron chi connectivity index (χ4n) is 4.04. The van der Waals surface area contributed by atoms with Crippen molar-refractivity contribution >= 4 is 27.7 Å². The van der Waals surface area contributed by atoms with Crippen molar-refractivity contribution in [3.05, 3.63) is 99.8 Å². The maximum atomic E-state index is 14.7. The van der Waals surface area contributed by atoms with Gasteiger partial charge in [0.2, 0.25) is 5.91 Å². The maximum Gasteiger partial charge on any atom is 0.261 e. The van der Waals surface area contributed by atoms with Gasteiger partial charge in [-0.25, -0.2) is 4.39 Å². The topological polar surface area (TPSA) is 58.6 Å². The Morgan fingerprint density at radius 2 is 1.71 bits per heavy atom. The van der Waals surface area contributed by atoms with Crippen molar-refractivity contribution in [3.63, 3.8) is 0 Å². The number of rotatable bonds is 11. The molecule has 202 valence electrons. The average molecular weight is 584 g/mol. The third-order valence-corrected chi connectivity index (χ3v) is 6.89. The van der Waals surface area contributed by atoms with Gasteiger partial charge in [-0.2, -0.15) is 0 Å². The highest BCUT2D eigenvalue weighted by molar-refractivity contribution is 9.10. The standard InChI is InChI=1S/C31H36BrFN2O3/c1-5-17-34-30(37)27(18-22-11-7-6-8-12-22)35(20-23-13-9-10-14-26(23)33)29(36)21-38-28-16-15-24(19-25(28)32)31(2,3)4/h6-16,19,27H,5,17-18,20-21H2,1-4H3,(H,34,37)/t27-/m1/s1. The molecule has 0 spiro atoms. The number of hydrogen-bond acceptors (Lipinski definition) is 3. The van der Waals surface area contributed by atoms with E-state index < -0.39 is 17.8 Å². The number of halogens is 2. The molecule has 1 N–H and O–H groups in total. The molecule has 5 nitrogen and oxygen atoms in total. The monoisotopic (exact) mass is 582 g/mol. The van der Waals surface area contributed by atoms with Crippen LogP contribution in [0.3, 0.4) is 0 Å². The van der Waals surface area contributed by atoms with Gasteiger partial charge in [0.05, 0.1) is 4.47 Å². The lowest BCUT2D eigenvalue weighted by molar-refractivity contribution is -0.142. The molecular formula is C31H36BrFN2O3. The summed E-state index contributed by atoms with van der Waals surface area (Å²) in [4.78, 5) is 28.4. The van der Waals surface area contributed by atoms with Gasteiger partial charge in [0, 0.05) is 25.1 Å². The van der Waals surface area contributed by atoms with E-state index in [4.69, 9.17) is 4.74 Å². The molecule has 7 heteroatoms. The molecule has 0 aromatic heterocycles. The maximum absolute atomic E-state index is 14.7. The van der Waals surface area contributed by atoms with E-state index in [0.29, 0.717) is 24.3 Å². The first-order chi connectivity index (χ1) is 18.1. The summed E-state index contributed by atoms with van der Waals surface area (Å²) in [5, 5.41) is 2.92. The van der Waals surface area contributed by atoms with Crippen LogP contribution in [-0.2, 0) is 28.0 Å². The summed E-state index contributed by atoms with van der Waals surface area (Å²) in [6, 6.07) is 20.7. The van der Waals surface area contributed by atoms with Crippen LogP contribution in [0.2, 0.25) is 0 Å². The highest BCUT2D eigenvalue weighted by Crippen LogP contribution is 2.31. The molecule has 0 radical (unpaired) electrons. The highest BCUT2D eigenvalue weighted by Gasteiger charge is 2.31. The van der Waals surface area contributed by atoms with Crippen molar-refractivity contribution in [1.82, 2.24) is 10.2 Å². The van der Waals surface area contributed by atoms with Gasteiger partial charge < -0.3 is 15.0 Å². The first-order valence-corrected chi connectivity index (χ1v) is 13.7. The molecule has 1 atom stereocenters. The van der Waals surface area contributed by atoms with Crippen LogP contribution in [-0.4, -0.2) is 35.9 Å². The zero-order valence-corrected chi connectivity index (χ0v) is 24.1. The van der Waals surface area contributed by atoms with Crippen LogP contribution in [0.5, 0.6) is 5.75 Å². The Balaban J connectivity index is 1.90. The fraction of sp³-hybridized carbons (Fsp3) is 0.355. The summed E-state index contributed by atoms with van der Waals surface area (Å²) < 4.78 is 21.3. The third-order valence-electron chi connectivity index (χ3n) is 6.27. The lowest BCUT2D eigenvalue weighted by Gasteiger charge is -2.31. The quantitative estimate of drug-likeness (QED) is 0.283. The van der Waals surface area contributed by atoms with E-state index in [2.05, 4.69) is 42.0 Å². The Kier molecular flexibility index (Phi) is 10.5. The van der Waals surface area contributed by atoms with Crippen LogP contribution in [0.1, 0.15) is 50.8 Å². The minimum Gasteiger partial charge on any atom is -0.483 e. The SMILES string of the molecule is CCCNC(=O)[C@@H](Cc1ccccc1)N(Cc1ccccc1F)C(=O)COc1ccc(C(C)(C)C)cc1Br. The van der Waals surface area contributed by atoms with Gasteiger partial charge in [-0.1, -0.05) is 82.3 Å². The molecule has 0 heterocycles. The zero-order chi connectivity index (χ0) is 27.7. The van der Waals surface area contributed by atoms with Crippen LogP contribution >= 0.6 is 15.9 Å². The fourth-order valence-corrected chi connectivity index (χ4v) is 4.53. The predicted octanol–water partition coefficient (Wildman–Crippen LogP) is 6.43. The van der Waals surface area contributed by atoms with E-state index in [-0.39, 0.29) is 24.5 Å². The number of ether oxygens (including phenoxy) is 1. The summed E-state index contributed by atoms with van der Waals surface area (Å²) in [5.41, 5.74) is 2.32. The lowest BCUT2D eigenvalue weighted by Crippen LogP contribution is -2.52. The molecule has 0 bridgehead atoms. The van der Waals surface area contributed by atoms with Crippen molar-refractivity contribution in [2.75, 3.05) is 13.2 Å². The van der Waals surface area contributed by atoms with Gasteiger partial charge in [0.1, 0.15) is 17.6 Å². The normalized spacial score (nSPS) is 12.1. The molecule has 3 rings (SSSR count). The summed E-state index contributed by atoms with van der Waals surface area (Å²) >= 11 is 3.55. The average Bonchev–Trinajstić information content (AvgIpc) is 2.89. The largest absolute Gasteiger partial charge is 0.483 e. The summed E-state index contributed by atoms with van der Waals surface area (Å²) in [5.74, 6) is -0.602. The van der Waals surface area contributed by atoms with Crippen LogP contribution < -0.4 is 10.1 Å². The zero-order valence-electron chi connectivity index (χ0n) is 22.5. The molecule has 2 amide bonds. The molecule has 0 fully saturated rings. The minimum atomic E-state index is -0.841. The van der Waals surface area contributed by atoms with Crippen molar-refractivity contribution in [2.45, 2.75) is 58.5 Å². The minimum absolute atomic E-state index is 0.0378. The Labute approximate surface area is 233 Å². The molecule has 0 saturated heterocycles. The van der Waals surface area contributed by atoms with Crippen molar-refractivity contribution in [1.29, 1.82) is 0 Å². The molecule has 0 aliphatic rings. The Hall–Kier alpha value is -3.19. The lowest BCUT2D eigenvalue weighted by atomic mass is 9.87. The number of nitrogens with one attached hydrogen (secondary N) is 1. The first kappa shape index (κ1) is 29.4. The van der Waals surface area contributed by atoms with Gasteiger partial charge in [-0.3, -0.25) is 9.59 Å². The van der Waals surface area contributed by atoms with E-state index >= 15 is 0 Å². The number of nitrogens with zero attached hydrogens (tertiary/aromatic N) is 1. The summed E-state index contributed by atoms with van der Waals surface area (Å²) in [6.45, 7) is 8.45. The Bertz CT molecular complexity index is 1230. The number of carbonyl (C=O) groups is 2. The van der Waals surface area contributed by atoms with E-state index in [1.54, 1.807) is 18.2 Å². The van der Waals surface area contributed by atoms with Crippen molar-refractivity contribution in [3.8, 4) is 5.75 Å². The molecule has 3 aromatic carbocycles. The summed E-state index contributed by atoms with van der Waals surface area (Å²) in [7, 11) is 0. The summed E-state index contributed by atoms with van der Waals surface area (Å²) in [6.07, 6.45) is 1.05. The molecule has 3 aromatic rings. The first-order valence-electron chi connectivity index (χ1n) is 12.9. The second kappa shape index (κ2) is 13.6. The number of hydrogen-bond donors (Lipinski definition) is 1. The van der Waals surface area contributed by atoms with Crippen molar-refractivity contribution < 1.29 is 18.7 Å². The van der Waals surface area contributed by atoms with Crippen molar-refractivity contribution in [2.24, 2.45) is 0 Å². The molecular weight excluding hydrogens is 547 g/mol. The van der Waals surface area contributed by atoms with Crippen LogP contribution in [0, 0.1) is 5.82 Å². The van der Waals surface area contributed by atoms with E-state index in [0.717, 1.165) is 22.0 Å². The highest BCUT2D eigenvalue weighted by atomic mass is 79.9. The van der Waals surface area contributed by atoms with Crippen LogP contribution in [0.15, 0.2) is 77.3 Å². The van der Waals surface area contributed by atoms with Gasteiger partial charge >= 0.3 is 0 Å². The predicted molar refractivity (Wildman–Crippen MR) is 153 cm³/mol. The van der Waals surface area contributed by atoms with Gasteiger partial charge in [-0.05, 0) is 57.1 Å². The molecule has 0 aliphatic heterocycles. The number of carbonyl (C=O) groups excluding carboxylic acids is 2. The molecule has 0 aliphatic carbocycles. The molecule has 0 unspecified atom stereocenters. The molecule has 38 heavy (non-hydrogen) atoms. The third kappa shape index (κ3) is 8.15. The number of benzene rings is 3. The van der Waals surface area contributed by atoms with E-state index in [1.807, 2.05) is 55.5 Å². The van der Waals surface area contributed by atoms with E-state index in [9.17, 15) is 14.0 Å². The van der Waals surface area contributed by atoms with E-state index in [1.165, 1.54) is 11.0 Å². The molecule has 0 saturated carbocycles. The Morgan fingerprint density at radius 1 is 1.03 bits per heavy atom. The van der Waals surface area contributed by atoms with Gasteiger partial charge in [0.15, 0.2) is 6.61 Å². The smallest absolute Gasteiger partial charge is 0.261 e.